The number of rotatable bonds is 7. The number of aliphatic imine (C=N–C) groups is 1. The number of aromatic nitrogens is 2. The van der Waals surface area contributed by atoms with Crippen molar-refractivity contribution in [2.45, 2.75) is 47.6 Å². The van der Waals surface area contributed by atoms with E-state index in [0.29, 0.717) is 11.8 Å². The lowest BCUT2D eigenvalue weighted by Crippen LogP contribution is -2.40. The van der Waals surface area contributed by atoms with E-state index < -0.39 is 0 Å². The molecule has 0 fully saturated rings. The average molecular weight is 421 g/mol. The first kappa shape index (κ1) is 21.2. The van der Waals surface area contributed by atoms with E-state index in [4.69, 9.17) is 0 Å². The minimum Gasteiger partial charge on any atom is -0.356 e. The van der Waals surface area contributed by atoms with Crippen LogP contribution in [0.4, 0.5) is 0 Å². The Kier molecular flexibility index (Phi) is 10.5. The van der Waals surface area contributed by atoms with Crippen molar-refractivity contribution < 1.29 is 0 Å². The minimum absolute atomic E-state index is 0. The van der Waals surface area contributed by atoms with Gasteiger partial charge < -0.3 is 10.6 Å². The van der Waals surface area contributed by atoms with Crippen molar-refractivity contribution in [1.29, 1.82) is 0 Å². The van der Waals surface area contributed by atoms with Gasteiger partial charge in [-0.25, -0.2) is 0 Å². The summed E-state index contributed by atoms with van der Waals surface area (Å²) in [5.41, 5.74) is 2.30. The molecule has 0 aromatic carbocycles. The maximum Gasteiger partial charge on any atom is 0.190 e. The smallest absolute Gasteiger partial charge is 0.190 e. The van der Waals surface area contributed by atoms with Crippen molar-refractivity contribution in [3.63, 3.8) is 0 Å². The Bertz CT molecular complexity index is 453. The summed E-state index contributed by atoms with van der Waals surface area (Å²) in [5.74, 6) is 2.09. The summed E-state index contributed by atoms with van der Waals surface area (Å²) in [6.45, 7) is 13.6. The number of guanidine groups is 1. The topological polar surface area (TPSA) is 54.2 Å². The third-order valence-electron chi connectivity index (χ3n) is 3.44. The van der Waals surface area contributed by atoms with Crippen LogP contribution in [0.25, 0.3) is 0 Å². The molecule has 1 aromatic heterocycles. The molecule has 1 rings (SSSR count). The summed E-state index contributed by atoms with van der Waals surface area (Å²) >= 11 is 0. The summed E-state index contributed by atoms with van der Waals surface area (Å²) in [4.78, 5) is 4.26. The number of aryl methyl sites for hydroxylation is 2. The van der Waals surface area contributed by atoms with E-state index in [1.165, 1.54) is 5.69 Å². The Morgan fingerprint density at radius 1 is 1.27 bits per heavy atom. The molecule has 0 aliphatic heterocycles. The minimum atomic E-state index is 0. The molecule has 0 spiro atoms. The molecule has 0 saturated carbocycles. The molecule has 1 atom stereocenters. The first-order chi connectivity index (χ1) is 9.92. The van der Waals surface area contributed by atoms with Gasteiger partial charge in [-0.15, -0.1) is 24.0 Å². The van der Waals surface area contributed by atoms with Crippen LogP contribution >= 0.6 is 24.0 Å². The largest absolute Gasteiger partial charge is 0.356 e. The first-order valence-electron chi connectivity index (χ1n) is 7.88. The monoisotopic (exact) mass is 421 g/mol. The Labute approximate surface area is 152 Å². The molecular formula is C16H32IN5. The van der Waals surface area contributed by atoms with Crippen LogP contribution < -0.4 is 10.6 Å². The van der Waals surface area contributed by atoms with Gasteiger partial charge in [-0.1, -0.05) is 20.8 Å². The van der Waals surface area contributed by atoms with Crippen molar-refractivity contribution in [1.82, 2.24) is 20.4 Å². The van der Waals surface area contributed by atoms with Gasteiger partial charge in [-0.3, -0.25) is 9.67 Å². The van der Waals surface area contributed by atoms with Crippen LogP contribution in [0.1, 0.15) is 38.6 Å². The fraction of sp³-hybridized carbons (Fsp3) is 0.750. The van der Waals surface area contributed by atoms with Crippen LogP contribution in [-0.2, 0) is 6.54 Å². The molecule has 0 aliphatic rings. The van der Waals surface area contributed by atoms with Gasteiger partial charge in [-0.05, 0) is 38.2 Å². The van der Waals surface area contributed by atoms with Gasteiger partial charge in [-0.2, -0.15) is 5.10 Å². The highest BCUT2D eigenvalue weighted by Crippen LogP contribution is 2.05. The molecule has 6 heteroatoms. The quantitative estimate of drug-likeness (QED) is 0.405. The van der Waals surface area contributed by atoms with Crippen molar-refractivity contribution in [3.05, 3.63) is 17.5 Å². The highest BCUT2D eigenvalue weighted by atomic mass is 127. The summed E-state index contributed by atoms with van der Waals surface area (Å²) in [6.07, 6.45) is 1.15. The third kappa shape index (κ3) is 8.00. The zero-order chi connectivity index (χ0) is 15.8. The summed E-state index contributed by atoms with van der Waals surface area (Å²) in [5, 5.41) is 11.2. The summed E-state index contributed by atoms with van der Waals surface area (Å²) in [7, 11) is 1.82. The van der Waals surface area contributed by atoms with Gasteiger partial charge in [0.2, 0.25) is 0 Å². The zero-order valence-electron chi connectivity index (χ0n) is 14.8. The van der Waals surface area contributed by atoms with Gasteiger partial charge >= 0.3 is 0 Å². The molecule has 0 amide bonds. The fourth-order valence-corrected chi connectivity index (χ4v) is 2.19. The molecule has 2 N–H and O–H groups in total. The van der Waals surface area contributed by atoms with Gasteiger partial charge in [0.1, 0.15) is 0 Å². The van der Waals surface area contributed by atoms with Crippen molar-refractivity contribution in [3.8, 4) is 0 Å². The number of nitrogens with one attached hydrogen (secondary N) is 2. The lowest BCUT2D eigenvalue weighted by molar-refractivity contribution is 0.435. The molecular weight excluding hydrogens is 389 g/mol. The first-order valence-corrected chi connectivity index (χ1v) is 7.88. The normalized spacial score (nSPS) is 13.0. The van der Waals surface area contributed by atoms with E-state index in [1.54, 1.807) is 0 Å². The predicted octanol–water partition coefficient (Wildman–Crippen LogP) is 2.97. The number of hydrogen-bond donors (Lipinski definition) is 2. The molecule has 22 heavy (non-hydrogen) atoms. The molecule has 1 heterocycles. The second kappa shape index (κ2) is 10.9. The van der Waals surface area contributed by atoms with Crippen LogP contribution in [0.3, 0.4) is 0 Å². The number of halogens is 1. The lowest BCUT2D eigenvalue weighted by Gasteiger charge is -2.17. The van der Waals surface area contributed by atoms with Crippen molar-refractivity contribution in [2.75, 3.05) is 20.1 Å². The molecule has 1 aromatic rings. The van der Waals surface area contributed by atoms with Crippen LogP contribution in [0.5, 0.6) is 0 Å². The maximum absolute atomic E-state index is 4.51. The van der Waals surface area contributed by atoms with Gasteiger partial charge in [0.25, 0.3) is 0 Å². The maximum atomic E-state index is 4.51. The number of hydrogen-bond acceptors (Lipinski definition) is 2. The van der Waals surface area contributed by atoms with E-state index in [2.05, 4.69) is 59.2 Å². The van der Waals surface area contributed by atoms with Crippen LogP contribution in [-0.4, -0.2) is 35.9 Å². The Hall–Kier alpha value is -0.790. The summed E-state index contributed by atoms with van der Waals surface area (Å²) < 4.78 is 2.08. The highest BCUT2D eigenvalue weighted by Gasteiger charge is 2.08. The standard InChI is InChI=1S/C16H31N5.HI/c1-12(2)7-8-18-16(17-6)19-10-13(3)11-21-15(5)9-14(4)20-21;/h9,12-13H,7-8,10-11H2,1-6H3,(H2,17,18,19);1H. The van der Waals surface area contributed by atoms with Crippen LogP contribution in [0.2, 0.25) is 0 Å². The zero-order valence-corrected chi connectivity index (χ0v) is 17.1. The van der Waals surface area contributed by atoms with Crippen LogP contribution in [0.15, 0.2) is 11.1 Å². The molecule has 5 nitrogen and oxygen atoms in total. The van der Waals surface area contributed by atoms with E-state index in [-0.39, 0.29) is 24.0 Å². The molecule has 1 unspecified atom stereocenters. The Balaban J connectivity index is 0.00000441. The van der Waals surface area contributed by atoms with E-state index in [1.807, 2.05) is 14.0 Å². The number of nitrogens with zero attached hydrogens (tertiary/aromatic N) is 3. The Morgan fingerprint density at radius 3 is 2.45 bits per heavy atom. The van der Waals surface area contributed by atoms with E-state index in [9.17, 15) is 0 Å². The van der Waals surface area contributed by atoms with Crippen LogP contribution in [0, 0.1) is 25.7 Å². The van der Waals surface area contributed by atoms with Crippen molar-refractivity contribution in [2.24, 2.45) is 16.8 Å². The molecule has 0 radical (unpaired) electrons. The predicted molar refractivity (Wildman–Crippen MR) is 105 cm³/mol. The molecule has 0 saturated heterocycles. The SMILES string of the molecule is CN=C(NCCC(C)C)NCC(C)Cn1nc(C)cc1C.I. The van der Waals surface area contributed by atoms with Gasteiger partial charge in [0.05, 0.1) is 5.69 Å². The fourth-order valence-electron chi connectivity index (χ4n) is 2.19. The van der Waals surface area contributed by atoms with E-state index >= 15 is 0 Å². The second-order valence-electron chi connectivity index (χ2n) is 6.28. The van der Waals surface area contributed by atoms with Gasteiger partial charge in [0, 0.05) is 32.4 Å². The van der Waals surface area contributed by atoms with Gasteiger partial charge in [0.15, 0.2) is 5.96 Å². The molecule has 128 valence electrons. The lowest BCUT2D eigenvalue weighted by atomic mass is 10.1. The molecule has 0 aliphatic carbocycles. The Morgan fingerprint density at radius 2 is 1.95 bits per heavy atom. The third-order valence-corrected chi connectivity index (χ3v) is 3.44. The highest BCUT2D eigenvalue weighted by molar-refractivity contribution is 14.0. The average Bonchev–Trinajstić information content (AvgIpc) is 2.71. The second-order valence-corrected chi connectivity index (χ2v) is 6.28. The molecule has 0 bridgehead atoms. The summed E-state index contributed by atoms with van der Waals surface area (Å²) in [6, 6.07) is 2.12. The van der Waals surface area contributed by atoms with E-state index in [0.717, 1.165) is 37.7 Å². The van der Waals surface area contributed by atoms with Crippen molar-refractivity contribution >= 4 is 29.9 Å².